The van der Waals surface area contributed by atoms with Gasteiger partial charge in [-0.15, -0.1) is 12.4 Å². The van der Waals surface area contributed by atoms with Gasteiger partial charge in [-0.3, -0.25) is 4.79 Å². The Morgan fingerprint density at radius 1 is 1.17 bits per heavy atom. The summed E-state index contributed by atoms with van der Waals surface area (Å²) in [5.74, 6) is 3.18. The molecule has 4 fully saturated rings. The fraction of sp³-hybridized carbons (Fsp3) is 0.611. The van der Waals surface area contributed by atoms with Crippen LogP contribution >= 0.6 is 12.4 Å². The number of amides is 1. The zero-order valence-corrected chi connectivity index (χ0v) is 14.3. The van der Waals surface area contributed by atoms with Crippen molar-refractivity contribution in [2.75, 3.05) is 18.2 Å². The molecule has 0 spiro atoms. The molecule has 126 valence electrons. The smallest absolute Gasteiger partial charge is 0.230 e. The third-order valence-corrected chi connectivity index (χ3v) is 6.01. The molecule has 1 aromatic carbocycles. The Balaban J connectivity index is 0.00000156. The van der Waals surface area contributed by atoms with Gasteiger partial charge in [-0.2, -0.15) is 0 Å². The van der Waals surface area contributed by atoms with E-state index in [0.29, 0.717) is 11.4 Å². The van der Waals surface area contributed by atoms with Gasteiger partial charge in [0.05, 0.1) is 18.2 Å². The Kier molecular flexibility index (Phi) is 4.21. The third kappa shape index (κ3) is 2.78. The first kappa shape index (κ1) is 16.4. The zero-order valence-electron chi connectivity index (χ0n) is 13.5. The molecule has 1 amide bonds. The summed E-state index contributed by atoms with van der Waals surface area (Å²) in [5.41, 5.74) is 7.15. The van der Waals surface area contributed by atoms with Gasteiger partial charge in [-0.1, -0.05) is 0 Å². The second kappa shape index (κ2) is 5.90. The van der Waals surface area contributed by atoms with Crippen molar-refractivity contribution >= 4 is 29.7 Å². The highest BCUT2D eigenvalue weighted by Crippen LogP contribution is 2.60. The minimum absolute atomic E-state index is 0. The average Bonchev–Trinajstić information content (AvgIpc) is 2.46. The van der Waals surface area contributed by atoms with Crippen LogP contribution in [0.5, 0.6) is 5.75 Å². The van der Waals surface area contributed by atoms with Crippen LogP contribution in [0.2, 0.25) is 0 Å². The van der Waals surface area contributed by atoms with Gasteiger partial charge < -0.3 is 15.8 Å². The molecule has 0 saturated heterocycles. The molecule has 0 atom stereocenters. The Labute approximate surface area is 143 Å². The molecule has 4 aliphatic rings. The molecule has 4 aliphatic carbocycles. The largest absolute Gasteiger partial charge is 0.495 e. The van der Waals surface area contributed by atoms with Crippen LogP contribution in [0.3, 0.4) is 0 Å². The van der Waals surface area contributed by atoms with Gasteiger partial charge in [0.2, 0.25) is 5.91 Å². The van der Waals surface area contributed by atoms with Crippen LogP contribution in [-0.4, -0.2) is 13.0 Å². The van der Waals surface area contributed by atoms with Crippen molar-refractivity contribution in [2.24, 2.45) is 23.2 Å². The summed E-state index contributed by atoms with van der Waals surface area (Å²) in [6.45, 7) is 0. The van der Waals surface area contributed by atoms with E-state index < -0.39 is 0 Å². The lowest BCUT2D eigenvalue weighted by atomic mass is 9.49. The van der Waals surface area contributed by atoms with Gasteiger partial charge in [0.25, 0.3) is 0 Å². The monoisotopic (exact) mass is 336 g/mol. The summed E-state index contributed by atoms with van der Waals surface area (Å²) >= 11 is 0. The average molecular weight is 337 g/mol. The molecule has 4 saturated carbocycles. The predicted octanol–water partition coefficient (Wildman–Crippen LogP) is 3.85. The summed E-state index contributed by atoms with van der Waals surface area (Å²) in [6, 6.07) is 5.47. The van der Waals surface area contributed by atoms with Crippen molar-refractivity contribution in [2.45, 2.75) is 38.5 Å². The number of rotatable bonds is 3. The topological polar surface area (TPSA) is 64.3 Å². The highest BCUT2D eigenvalue weighted by atomic mass is 35.5. The quantitative estimate of drug-likeness (QED) is 0.824. The SMILES string of the molecule is COc1ccc(NC(=O)C23CC4CC(CC(C4)C2)C3)cc1N.Cl. The molecular formula is C18H25ClN2O2. The van der Waals surface area contributed by atoms with Gasteiger partial charge in [0.15, 0.2) is 0 Å². The fourth-order valence-corrected chi connectivity index (χ4v) is 5.46. The van der Waals surface area contributed by atoms with Crippen molar-refractivity contribution in [3.05, 3.63) is 18.2 Å². The lowest BCUT2D eigenvalue weighted by Crippen LogP contribution is -2.51. The van der Waals surface area contributed by atoms with Crippen LogP contribution in [0.4, 0.5) is 11.4 Å². The lowest BCUT2D eigenvalue weighted by molar-refractivity contribution is -0.140. The van der Waals surface area contributed by atoms with E-state index in [4.69, 9.17) is 10.5 Å². The number of hydrogen-bond acceptors (Lipinski definition) is 3. The molecule has 0 heterocycles. The molecule has 5 heteroatoms. The van der Waals surface area contributed by atoms with Crippen LogP contribution in [0.1, 0.15) is 38.5 Å². The molecular weight excluding hydrogens is 312 g/mol. The molecule has 5 rings (SSSR count). The van der Waals surface area contributed by atoms with E-state index in [9.17, 15) is 4.79 Å². The number of benzene rings is 1. The number of halogens is 1. The van der Waals surface area contributed by atoms with E-state index >= 15 is 0 Å². The molecule has 4 bridgehead atoms. The fourth-order valence-electron chi connectivity index (χ4n) is 5.46. The molecule has 23 heavy (non-hydrogen) atoms. The summed E-state index contributed by atoms with van der Waals surface area (Å²) in [5, 5.41) is 3.12. The standard InChI is InChI=1S/C18H24N2O2.ClH/c1-22-16-3-2-14(7-15(16)19)20-17(21)18-8-11-4-12(9-18)6-13(5-11)10-18;/h2-3,7,11-13H,4-6,8-10,19H2,1H3,(H,20,21);1H. The molecule has 0 radical (unpaired) electrons. The molecule has 0 unspecified atom stereocenters. The van der Waals surface area contributed by atoms with Crippen molar-refractivity contribution in [1.29, 1.82) is 0 Å². The number of hydrogen-bond donors (Lipinski definition) is 2. The first-order chi connectivity index (χ1) is 10.6. The number of nitrogens with two attached hydrogens (primary N) is 1. The summed E-state index contributed by atoms with van der Waals surface area (Å²) in [6.07, 6.45) is 7.29. The second-order valence-corrected chi connectivity index (χ2v) is 7.61. The highest BCUT2D eigenvalue weighted by Gasteiger charge is 2.54. The maximum absolute atomic E-state index is 12.9. The molecule has 3 N–H and O–H groups in total. The normalized spacial score (nSPS) is 33.9. The van der Waals surface area contributed by atoms with Crippen LogP contribution in [0.25, 0.3) is 0 Å². The van der Waals surface area contributed by atoms with Gasteiger partial charge in [0.1, 0.15) is 5.75 Å². The molecule has 1 aromatic rings. The first-order valence-corrected chi connectivity index (χ1v) is 8.33. The predicted molar refractivity (Wildman–Crippen MR) is 93.9 cm³/mol. The van der Waals surface area contributed by atoms with Crippen molar-refractivity contribution < 1.29 is 9.53 Å². The highest BCUT2D eigenvalue weighted by molar-refractivity contribution is 5.96. The van der Waals surface area contributed by atoms with E-state index in [1.165, 1.54) is 19.3 Å². The number of carbonyl (C=O) groups is 1. The molecule has 0 aliphatic heterocycles. The Morgan fingerprint density at radius 3 is 2.22 bits per heavy atom. The summed E-state index contributed by atoms with van der Waals surface area (Å²) in [4.78, 5) is 12.9. The van der Waals surface area contributed by atoms with Crippen LogP contribution in [-0.2, 0) is 4.79 Å². The van der Waals surface area contributed by atoms with E-state index in [2.05, 4.69) is 5.32 Å². The minimum atomic E-state index is -0.122. The van der Waals surface area contributed by atoms with Crippen LogP contribution in [0, 0.1) is 23.2 Å². The molecule has 4 nitrogen and oxygen atoms in total. The van der Waals surface area contributed by atoms with Crippen molar-refractivity contribution in [3.8, 4) is 5.75 Å². The lowest BCUT2D eigenvalue weighted by Gasteiger charge is -2.55. The number of carbonyl (C=O) groups excluding carboxylic acids is 1. The van der Waals surface area contributed by atoms with Crippen molar-refractivity contribution in [3.63, 3.8) is 0 Å². The minimum Gasteiger partial charge on any atom is -0.495 e. The number of nitrogen functional groups attached to an aromatic ring is 1. The first-order valence-electron chi connectivity index (χ1n) is 8.33. The molecule has 0 aromatic heterocycles. The second-order valence-electron chi connectivity index (χ2n) is 7.61. The Bertz CT molecular complexity index is 582. The number of methoxy groups -OCH3 is 1. The van der Waals surface area contributed by atoms with E-state index in [1.807, 2.05) is 12.1 Å². The summed E-state index contributed by atoms with van der Waals surface area (Å²) in [7, 11) is 1.60. The van der Waals surface area contributed by atoms with Gasteiger partial charge in [-0.05, 0) is 74.5 Å². The Hall–Kier alpha value is -1.42. The number of anilines is 2. The number of ether oxygens (including phenoxy) is 1. The zero-order chi connectivity index (χ0) is 15.3. The van der Waals surface area contributed by atoms with Gasteiger partial charge in [0, 0.05) is 5.69 Å². The number of nitrogens with one attached hydrogen (secondary N) is 1. The maximum Gasteiger partial charge on any atom is 0.230 e. The maximum atomic E-state index is 12.9. The van der Waals surface area contributed by atoms with Crippen molar-refractivity contribution in [1.82, 2.24) is 0 Å². The Morgan fingerprint density at radius 2 is 1.74 bits per heavy atom. The van der Waals surface area contributed by atoms with Gasteiger partial charge in [-0.25, -0.2) is 0 Å². The van der Waals surface area contributed by atoms with Crippen LogP contribution in [0.15, 0.2) is 18.2 Å². The van der Waals surface area contributed by atoms with E-state index in [0.717, 1.165) is 42.7 Å². The van der Waals surface area contributed by atoms with Crippen LogP contribution < -0.4 is 15.8 Å². The van der Waals surface area contributed by atoms with E-state index in [-0.39, 0.29) is 23.7 Å². The third-order valence-electron chi connectivity index (χ3n) is 6.01. The van der Waals surface area contributed by atoms with Gasteiger partial charge >= 0.3 is 0 Å². The summed E-state index contributed by atoms with van der Waals surface area (Å²) < 4.78 is 5.17. The van der Waals surface area contributed by atoms with E-state index in [1.54, 1.807) is 13.2 Å².